The van der Waals surface area contributed by atoms with Gasteiger partial charge in [0.25, 0.3) is 0 Å². The molecule has 0 saturated carbocycles. The number of rotatable bonds is 11. The molecular weight excluding hydrogens is 260 g/mol. The maximum atomic E-state index is 11.4. The third kappa shape index (κ3) is 8.39. The molecule has 0 aliphatic carbocycles. The van der Waals surface area contributed by atoms with Crippen LogP contribution in [-0.2, 0) is 30.4 Å². The highest BCUT2D eigenvalue weighted by Crippen LogP contribution is 2.02. The van der Waals surface area contributed by atoms with Crippen molar-refractivity contribution >= 4 is 12.3 Å². The molecule has 0 spiro atoms. The second-order valence-electron chi connectivity index (χ2n) is 4.10. The molecular formula is C15H20O5. The Balaban J connectivity index is 1.94. The molecule has 0 aliphatic rings. The molecule has 1 aromatic rings. The van der Waals surface area contributed by atoms with E-state index in [9.17, 15) is 9.59 Å². The summed E-state index contributed by atoms with van der Waals surface area (Å²) in [6, 6.07) is 9.56. The number of hydrogen-bond donors (Lipinski definition) is 0. The van der Waals surface area contributed by atoms with Crippen molar-refractivity contribution in [3.05, 3.63) is 35.9 Å². The Morgan fingerprint density at radius 2 is 1.80 bits per heavy atom. The first-order valence-electron chi connectivity index (χ1n) is 6.61. The molecule has 0 amide bonds. The highest BCUT2D eigenvalue weighted by atomic mass is 16.5. The highest BCUT2D eigenvalue weighted by Gasteiger charge is 2.03. The van der Waals surface area contributed by atoms with Gasteiger partial charge in [-0.1, -0.05) is 30.3 Å². The Kier molecular flexibility index (Phi) is 9.09. The first-order chi connectivity index (χ1) is 9.83. The minimum absolute atomic E-state index is 0.0924. The number of ether oxygens (including phenoxy) is 3. The van der Waals surface area contributed by atoms with E-state index in [4.69, 9.17) is 14.2 Å². The van der Waals surface area contributed by atoms with Crippen LogP contribution < -0.4 is 0 Å². The number of esters is 1. The molecule has 0 N–H and O–H groups in total. The molecule has 0 bridgehead atoms. The molecule has 0 aromatic heterocycles. The van der Waals surface area contributed by atoms with E-state index < -0.39 is 0 Å². The zero-order valence-corrected chi connectivity index (χ0v) is 11.5. The molecule has 20 heavy (non-hydrogen) atoms. The molecule has 0 atom stereocenters. The smallest absolute Gasteiger partial charge is 0.306 e. The second kappa shape index (κ2) is 11.1. The summed E-state index contributed by atoms with van der Waals surface area (Å²) < 4.78 is 15.3. The quantitative estimate of drug-likeness (QED) is 0.351. The van der Waals surface area contributed by atoms with Crippen molar-refractivity contribution in [2.24, 2.45) is 0 Å². The summed E-state index contributed by atoms with van der Waals surface area (Å²) in [6.07, 6.45) is 1.64. The number of hydrogen-bond acceptors (Lipinski definition) is 5. The molecule has 0 saturated heterocycles. The van der Waals surface area contributed by atoms with Crippen molar-refractivity contribution in [1.82, 2.24) is 0 Å². The number of carbonyl (C=O) groups excluding carboxylic acids is 2. The lowest BCUT2D eigenvalue weighted by Gasteiger charge is -2.06. The van der Waals surface area contributed by atoms with E-state index in [-0.39, 0.29) is 12.6 Å². The van der Waals surface area contributed by atoms with Gasteiger partial charge in [-0.2, -0.15) is 0 Å². The van der Waals surface area contributed by atoms with Gasteiger partial charge in [-0.05, 0) is 12.0 Å². The van der Waals surface area contributed by atoms with Crippen LogP contribution in [0.2, 0.25) is 0 Å². The zero-order chi connectivity index (χ0) is 14.5. The lowest BCUT2D eigenvalue weighted by Crippen LogP contribution is -2.09. The summed E-state index contributed by atoms with van der Waals surface area (Å²) >= 11 is 0. The van der Waals surface area contributed by atoms with Crippen LogP contribution in [0.3, 0.4) is 0 Å². The van der Waals surface area contributed by atoms with Crippen LogP contribution in [0.4, 0.5) is 0 Å². The van der Waals surface area contributed by atoms with Gasteiger partial charge < -0.3 is 19.0 Å². The van der Waals surface area contributed by atoms with Gasteiger partial charge >= 0.3 is 5.97 Å². The van der Waals surface area contributed by atoms with E-state index in [0.29, 0.717) is 45.6 Å². The maximum Gasteiger partial charge on any atom is 0.306 e. The Hall–Kier alpha value is -1.72. The van der Waals surface area contributed by atoms with Crippen LogP contribution in [0.1, 0.15) is 18.4 Å². The minimum Gasteiger partial charge on any atom is -0.461 e. The highest BCUT2D eigenvalue weighted by molar-refractivity contribution is 5.69. The first-order valence-corrected chi connectivity index (χ1v) is 6.61. The average molecular weight is 280 g/mol. The van der Waals surface area contributed by atoms with Gasteiger partial charge in [0.05, 0.1) is 13.2 Å². The van der Waals surface area contributed by atoms with Crippen LogP contribution in [0, 0.1) is 0 Å². The van der Waals surface area contributed by atoms with E-state index in [2.05, 4.69) is 0 Å². The molecule has 5 nitrogen and oxygen atoms in total. The van der Waals surface area contributed by atoms with Gasteiger partial charge in [0.2, 0.25) is 0 Å². The lowest BCUT2D eigenvalue weighted by molar-refractivity contribution is -0.145. The lowest BCUT2D eigenvalue weighted by atomic mass is 10.2. The summed E-state index contributed by atoms with van der Waals surface area (Å²) in [5.41, 5.74) is 0.976. The molecule has 0 unspecified atom stereocenters. The van der Waals surface area contributed by atoms with Crippen LogP contribution in [-0.4, -0.2) is 38.7 Å². The Morgan fingerprint density at radius 3 is 2.55 bits per heavy atom. The molecule has 1 aromatic carbocycles. The maximum absolute atomic E-state index is 11.4. The van der Waals surface area contributed by atoms with Crippen molar-refractivity contribution < 1.29 is 23.8 Å². The van der Waals surface area contributed by atoms with Gasteiger partial charge in [-0.25, -0.2) is 0 Å². The van der Waals surface area contributed by atoms with Gasteiger partial charge in [-0.15, -0.1) is 0 Å². The zero-order valence-electron chi connectivity index (χ0n) is 11.5. The normalized spacial score (nSPS) is 10.2. The topological polar surface area (TPSA) is 61.8 Å². The molecule has 5 heteroatoms. The first kappa shape index (κ1) is 16.3. The van der Waals surface area contributed by atoms with Crippen molar-refractivity contribution in [3.63, 3.8) is 0 Å². The van der Waals surface area contributed by atoms with Crippen molar-refractivity contribution in [3.8, 4) is 0 Å². The average Bonchev–Trinajstić information content (AvgIpc) is 2.49. The van der Waals surface area contributed by atoms with Crippen molar-refractivity contribution in [1.29, 1.82) is 0 Å². The SMILES string of the molecule is O=CCOCCOCCCC(=O)OCc1ccccc1. The van der Waals surface area contributed by atoms with Crippen LogP contribution in [0.5, 0.6) is 0 Å². The van der Waals surface area contributed by atoms with Crippen LogP contribution >= 0.6 is 0 Å². The number of benzene rings is 1. The van der Waals surface area contributed by atoms with E-state index in [1.807, 2.05) is 30.3 Å². The molecule has 0 radical (unpaired) electrons. The van der Waals surface area contributed by atoms with Crippen molar-refractivity contribution in [2.75, 3.05) is 26.4 Å². The standard InChI is InChI=1S/C15H20O5/c16-8-10-19-12-11-18-9-4-7-15(17)20-13-14-5-2-1-3-6-14/h1-3,5-6,8H,4,7,9-13H2. The minimum atomic E-state index is -0.227. The third-order valence-electron chi connectivity index (χ3n) is 2.47. The monoisotopic (exact) mass is 280 g/mol. The molecule has 1 rings (SSSR count). The summed E-state index contributed by atoms with van der Waals surface area (Å²) in [7, 11) is 0. The molecule has 0 aliphatic heterocycles. The molecule has 0 fully saturated rings. The van der Waals surface area contributed by atoms with E-state index >= 15 is 0 Å². The summed E-state index contributed by atoms with van der Waals surface area (Å²) in [5, 5.41) is 0. The van der Waals surface area contributed by atoms with Gasteiger partial charge in [0, 0.05) is 13.0 Å². The van der Waals surface area contributed by atoms with Gasteiger partial charge in [0.15, 0.2) is 0 Å². The fraction of sp³-hybridized carbons (Fsp3) is 0.467. The summed E-state index contributed by atoms with van der Waals surface area (Å²) in [6.45, 7) is 1.68. The summed E-state index contributed by atoms with van der Waals surface area (Å²) in [4.78, 5) is 21.4. The van der Waals surface area contributed by atoms with Gasteiger partial charge in [-0.3, -0.25) is 4.79 Å². The fourth-order valence-electron chi connectivity index (χ4n) is 1.48. The molecule has 110 valence electrons. The second-order valence-corrected chi connectivity index (χ2v) is 4.10. The van der Waals surface area contributed by atoms with E-state index in [1.165, 1.54) is 0 Å². The third-order valence-corrected chi connectivity index (χ3v) is 2.47. The van der Waals surface area contributed by atoms with Crippen LogP contribution in [0.15, 0.2) is 30.3 Å². The Bertz CT molecular complexity index is 377. The fourth-order valence-corrected chi connectivity index (χ4v) is 1.48. The van der Waals surface area contributed by atoms with E-state index in [0.717, 1.165) is 5.56 Å². The Labute approximate surface area is 118 Å². The van der Waals surface area contributed by atoms with Crippen molar-refractivity contribution in [2.45, 2.75) is 19.4 Å². The Morgan fingerprint density at radius 1 is 1.05 bits per heavy atom. The van der Waals surface area contributed by atoms with E-state index in [1.54, 1.807) is 0 Å². The largest absolute Gasteiger partial charge is 0.461 e. The van der Waals surface area contributed by atoms with Crippen LogP contribution in [0.25, 0.3) is 0 Å². The predicted octanol–water partition coefficient (Wildman–Crippen LogP) is 1.74. The molecule has 0 heterocycles. The summed E-state index contributed by atoms with van der Waals surface area (Å²) in [5.74, 6) is -0.227. The number of carbonyl (C=O) groups is 2. The number of aldehydes is 1. The van der Waals surface area contributed by atoms with Gasteiger partial charge in [0.1, 0.15) is 19.5 Å². The predicted molar refractivity (Wildman–Crippen MR) is 73.2 cm³/mol.